The van der Waals surface area contributed by atoms with Gasteiger partial charge in [0.15, 0.2) is 11.5 Å². The number of likely N-dealkylation sites (N-methyl/N-ethyl adjacent to an activating group) is 1. The van der Waals surface area contributed by atoms with Crippen molar-refractivity contribution in [3.05, 3.63) is 23.3 Å². The van der Waals surface area contributed by atoms with Gasteiger partial charge in [-0.1, -0.05) is 6.07 Å². The number of nitrogens with one attached hydrogen (secondary N) is 1. The van der Waals surface area contributed by atoms with E-state index in [1.165, 1.54) is 11.1 Å². The smallest absolute Gasteiger partial charge is 0.164 e. The maximum absolute atomic E-state index is 5.46. The van der Waals surface area contributed by atoms with Crippen LogP contribution in [0.1, 0.15) is 17.5 Å². The van der Waals surface area contributed by atoms with E-state index in [9.17, 15) is 0 Å². The van der Waals surface area contributed by atoms with Crippen LogP contribution in [-0.4, -0.2) is 27.3 Å². The van der Waals surface area contributed by atoms with Gasteiger partial charge in [-0.3, -0.25) is 0 Å². The molecule has 88 valence electrons. The second kappa shape index (κ2) is 4.74. The van der Waals surface area contributed by atoms with E-state index in [-0.39, 0.29) is 0 Å². The van der Waals surface area contributed by atoms with Crippen LogP contribution in [0.25, 0.3) is 0 Å². The number of hydrogen-bond donors (Lipinski definition) is 1. The molecule has 0 spiro atoms. The Kier molecular flexibility index (Phi) is 3.34. The molecule has 2 rings (SSSR count). The third kappa shape index (κ3) is 1.87. The van der Waals surface area contributed by atoms with Gasteiger partial charge in [0.05, 0.1) is 14.2 Å². The fourth-order valence-corrected chi connectivity index (χ4v) is 2.43. The second-order valence-corrected chi connectivity index (χ2v) is 4.17. The topological polar surface area (TPSA) is 30.5 Å². The third-order valence-corrected chi connectivity index (χ3v) is 3.36. The molecule has 0 bridgehead atoms. The van der Waals surface area contributed by atoms with Crippen molar-refractivity contribution in [1.29, 1.82) is 0 Å². The summed E-state index contributed by atoms with van der Waals surface area (Å²) in [5.41, 5.74) is 2.69. The Hall–Kier alpha value is -1.22. The average Bonchev–Trinajstić information content (AvgIpc) is 2.36. The SMILES string of the molecule is CNC1CCc2c(ccc(OC)c2OC)C1. The Balaban J connectivity index is 2.38. The van der Waals surface area contributed by atoms with Crippen LogP contribution in [0.2, 0.25) is 0 Å². The van der Waals surface area contributed by atoms with Gasteiger partial charge in [-0.15, -0.1) is 0 Å². The molecule has 1 aliphatic carbocycles. The van der Waals surface area contributed by atoms with E-state index in [2.05, 4.69) is 11.4 Å². The van der Waals surface area contributed by atoms with Crippen molar-refractivity contribution in [2.75, 3.05) is 21.3 Å². The van der Waals surface area contributed by atoms with Gasteiger partial charge in [-0.05, 0) is 37.9 Å². The first kappa shape index (κ1) is 11.3. The molecule has 1 aromatic rings. The van der Waals surface area contributed by atoms with Gasteiger partial charge in [-0.25, -0.2) is 0 Å². The summed E-state index contributed by atoms with van der Waals surface area (Å²) in [5, 5.41) is 3.34. The molecule has 0 fully saturated rings. The largest absolute Gasteiger partial charge is 0.493 e. The van der Waals surface area contributed by atoms with Crippen molar-refractivity contribution in [3.8, 4) is 11.5 Å². The van der Waals surface area contributed by atoms with Crippen molar-refractivity contribution in [2.45, 2.75) is 25.3 Å². The Morgan fingerprint density at radius 3 is 2.69 bits per heavy atom. The lowest BCUT2D eigenvalue weighted by molar-refractivity contribution is 0.347. The van der Waals surface area contributed by atoms with E-state index in [0.29, 0.717) is 6.04 Å². The number of methoxy groups -OCH3 is 2. The molecule has 1 aliphatic rings. The van der Waals surface area contributed by atoms with Crippen molar-refractivity contribution >= 4 is 0 Å². The van der Waals surface area contributed by atoms with Crippen LogP contribution in [0, 0.1) is 0 Å². The minimum atomic E-state index is 0.589. The lowest BCUT2D eigenvalue weighted by Gasteiger charge is -2.26. The average molecular weight is 221 g/mol. The lowest BCUT2D eigenvalue weighted by atomic mass is 9.87. The fourth-order valence-electron chi connectivity index (χ4n) is 2.43. The monoisotopic (exact) mass is 221 g/mol. The summed E-state index contributed by atoms with van der Waals surface area (Å²) in [4.78, 5) is 0. The highest BCUT2D eigenvalue weighted by molar-refractivity contribution is 5.52. The van der Waals surface area contributed by atoms with Gasteiger partial charge >= 0.3 is 0 Å². The van der Waals surface area contributed by atoms with E-state index in [1.807, 2.05) is 13.1 Å². The minimum Gasteiger partial charge on any atom is -0.493 e. The van der Waals surface area contributed by atoms with Crippen LogP contribution in [0.3, 0.4) is 0 Å². The van der Waals surface area contributed by atoms with Crippen molar-refractivity contribution in [1.82, 2.24) is 5.32 Å². The predicted molar refractivity (Wildman–Crippen MR) is 64.4 cm³/mol. The molecule has 3 heteroatoms. The second-order valence-electron chi connectivity index (χ2n) is 4.17. The van der Waals surface area contributed by atoms with Crippen molar-refractivity contribution in [3.63, 3.8) is 0 Å². The molecule has 3 nitrogen and oxygen atoms in total. The van der Waals surface area contributed by atoms with Crippen LogP contribution in [0.4, 0.5) is 0 Å². The minimum absolute atomic E-state index is 0.589. The Morgan fingerprint density at radius 2 is 2.06 bits per heavy atom. The molecule has 0 radical (unpaired) electrons. The molecule has 1 unspecified atom stereocenters. The number of fused-ring (bicyclic) bond motifs is 1. The first-order chi connectivity index (χ1) is 7.80. The Labute approximate surface area is 96.8 Å². The van der Waals surface area contributed by atoms with Crippen molar-refractivity contribution in [2.24, 2.45) is 0 Å². The highest BCUT2D eigenvalue weighted by Crippen LogP contribution is 2.37. The van der Waals surface area contributed by atoms with Crippen LogP contribution in [0.5, 0.6) is 11.5 Å². The zero-order valence-electron chi connectivity index (χ0n) is 10.2. The summed E-state index contributed by atoms with van der Waals surface area (Å²) >= 11 is 0. The van der Waals surface area contributed by atoms with E-state index < -0.39 is 0 Å². The Morgan fingerprint density at radius 1 is 1.25 bits per heavy atom. The zero-order chi connectivity index (χ0) is 11.5. The number of hydrogen-bond acceptors (Lipinski definition) is 3. The van der Waals surface area contributed by atoms with E-state index in [0.717, 1.165) is 30.8 Å². The molecule has 16 heavy (non-hydrogen) atoms. The first-order valence-corrected chi connectivity index (χ1v) is 5.70. The summed E-state index contributed by atoms with van der Waals surface area (Å²) in [6, 6.07) is 4.74. The van der Waals surface area contributed by atoms with Crippen LogP contribution >= 0.6 is 0 Å². The molecular weight excluding hydrogens is 202 g/mol. The van der Waals surface area contributed by atoms with Gasteiger partial charge in [0.25, 0.3) is 0 Å². The quantitative estimate of drug-likeness (QED) is 0.844. The third-order valence-electron chi connectivity index (χ3n) is 3.36. The molecule has 1 aromatic carbocycles. The van der Waals surface area contributed by atoms with Gasteiger partial charge in [0.1, 0.15) is 0 Å². The summed E-state index contributed by atoms with van der Waals surface area (Å²) < 4.78 is 10.8. The maximum Gasteiger partial charge on any atom is 0.164 e. The lowest BCUT2D eigenvalue weighted by Crippen LogP contribution is -2.31. The standard InChI is InChI=1S/C13H19NO2/c1-14-10-5-6-11-9(8-10)4-7-12(15-2)13(11)16-3/h4,7,10,14H,5-6,8H2,1-3H3. The molecule has 1 atom stereocenters. The number of rotatable bonds is 3. The van der Waals surface area contributed by atoms with Gasteiger partial charge < -0.3 is 14.8 Å². The molecule has 0 amide bonds. The molecule has 0 aromatic heterocycles. The molecule has 0 saturated carbocycles. The maximum atomic E-state index is 5.46. The predicted octanol–water partition coefficient (Wildman–Crippen LogP) is 1.78. The van der Waals surface area contributed by atoms with Gasteiger partial charge in [-0.2, -0.15) is 0 Å². The van der Waals surface area contributed by atoms with Gasteiger partial charge in [0, 0.05) is 11.6 Å². The summed E-state index contributed by atoms with van der Waals surface area (Å²) in [5.74, 6) is 1.75. The molecule has 0 saturated heterocycles. The Bertz CT molecular complexity index is 376. The van der Waals surface area contributed by atoms with Crippen molar-refractivity contribution < 1.29 is 9.47 Å². The summed E-state index contributed by atoms with van der Waals surface area (Å²) in [6.07, 6.45) is 3.29. The number of ether oxygens (including phenoxy) is 2. The first-order valence-electron chi connectivity index (χ1n) is 5.70. The summed E-state index contributed by atoms with van der Waals surface area (Å²) in [7, 11) is 5.42. The van der Waals surface area contributed by atoms with Crippen LogP contribution in [0.15, 0.2) is 12.1 Å². The van der Waals surface area contributed by atoms with Crippen LogP contribution in [-0.2, 0) is 12.8 Å². The van der Waals surface area contributed by atoms with E-state index >= 15 is 0 Å². The molecule has 0 aliphatic heterocycles. The molecule has 1 N–H and O–H groups in total. The van der Waals surface area contributed by atoms with E-state index in [1.54, 1.807) is 14.2 Å². The summed E-state index contributed by atoms with van der Waals surface area (Å²) in [6.45, 7) is 0. The normalized spacial score (nSPS) is 19.1. The molecule has 0 heterocycles. The van der Waals surface area contributed by atoms with E-state index in [4.69, 9.17) is 9.47 Å². The van der Waals surface area contributed by atoms with Gasteiger partial charge in [0.2, 0.25) is 0 Å². The highest BCUT2D eigenvalue weighted by Gasteiger charge is 2.22. The number of benzene rings is 1. The molecular formula is C13H19NO2. The highest BCUT2D eigenvalue weighted by atomic mass is 16.5. The zero-order valence-corrected chi connectivity index (χ0v) is 10.2. The van der Waals surface area contributed by atoms with Crippen LogP contribution < -0.4 is 14.8 Å². The fraction of sp³-hybridized carbons (Fsp3) is 0.538.